The monoisotopic (exact) mass is 369 g/mol. The standard InChI is InChI=1S/C18H31F4NO2/c1-12(14-3-7-17(19,20)8-4-14)25-13(2)16(23)11-24-15-5-9-18(21,22)10-6-15/h12-16H,3-11,23H2,1-2H3/t12?,13-,16-/m1/s1. The SMILES string of the molecule is CC(O[C@H](C)[C@H](N)COC1CCC(F)(F)CC1)C1CCC(F)(F)CC1. The maximum Gasteiger partial charge on any atom is 0.248 e. The van der Waals surface area contributed by atoms with E-state index in [9.17, 15) is 17.6 Å². The molecule has 2 fully saturated rings. The molecule has 7 heteroatoms. The van der Waals surface area contributed by atoms with Crippen molar-refractivity contribution >= 4 is 0 Å². The van der Waals surface area contributed by atoms with E-state index in [1.807, 2.05) is 13.8 Å². The maximum absolute atomic E-state index is 13.2. The summed E-state index contributed by atoms with van der Waals surface area (Å²) in [6.45, 7) is 4.01. The van der Waals surface area contributed by atoms with E-state index in [4.69, 9.17) is 15.2 Å². The van der Waals surface area contributed by atoms with E-state index in [-0.39, 0.29) is 62.6 Å². The fourth-order valence-corrected chi connectivity index (χ4v) is 3.65. The number of ether oxygens (including phenoxy) is 2. The van der Waals surface area contributed by atoms with E-state index in [2.05, 4.69) is 0 Å². The van der Waals surface area contributed by atoms with Gasteiger partial charge in [0.05, 0.1) is 31.0 Å². The summed E-state index contributed by atoms with van der Waals surface area (Å²) in [5.41, 5.74) is 6.09. The average Bonchev–Trinajstić information content (AvgIpc) is 2.53. The van der Waals surface area contributed by atoms with Crippen LogP contribution in [-0.2, 0) is 9.47 Å². The first-order chi connectivity index (χ1) is 11.6. The lowest BCUT2D eigenvalue weighted by atomic mass is 9.83. The molecule has 148 valence electrons. The van der Waals surface area contributed by atoms with Crippen molar-refractivity contribution in [1.29, 1.82) is 0 Å². The van der Waals surface area contributed by atoms with Gasteiger partial charge in [-0.15, -0.1) is 0 Å². The maximum atomic E-state index is 13.2. The Morgan fingerprint density at radius 2 is 1.40 bits per heavy atom. The van der Waals surface area contributed by atoms with Crippen LogP contribution in [-0.4, -0.2) is 42.8 Å². The van der Waals surface area contributed by atoms with Gasteiger partial charge in [-0.1, -0.05) is 0 Å². The number of hydrogen-bond acceptors (Lipinski definition) is 3. The first-order valence-electron chi connectivity index (χ1n) is 9.36. The molecule has 0 aromatic carbocycles. The number of rotatable bonds is 7. The fourth-order valence-electron chi connectivity index (χ4n) is 3.65. The number of halogens is 4. The molecule has 0 aromatic rings. The summed E-state index contributed by atoms with van der Waals surface area (Å²) in [5.74, 6) is -4.98. The summed E-state index contributed by atoms with van der Waals surface area (Å²) in [6.07, 6.45) is 0.603. The van der Waals surface area contributed by atoms with E-state index in [0.717, 1.165) is 0 Å². The summed E-state index contributed by atoms with van der Waals surface area (Å²) in [7, 11) is 0. The molecular formula is C18H31F4NO2. The normalized spacial score (nSPS) is 28.4. The molecule has 0 saturated heterocycles. The Hall–Kier alpha value is -0.400. The van der Waals surface area contributed by atoms with Crippen LogP contribution in [0, 0.1) is 5.92 Å². The highest BCUT2D eigenvalue weighted by Crippen LogP contribution is 2.38. The van der Waals surface area contributed by atoms with Gasteiger partial charge in [0, 0.05) is 25.7 Å². The molecule has 3 atom stereocenters. The summed E-state index contributed by atoms with van der Waals surface area (Å²) in [4.78, 5) is 0. The minimum atomic E-state index is -2.56. The summed E-state index contributed by atoms with van der Waals surface area (Å²) in [5, 5.41) is 0. The molecule has 0 heterocycles. The Morgan fingerprint density at radius 3 is 1.92 bits per heavy atom. The van der Waals surface area contributed by atoms with Crippen molar-refractivity contribution in [3.8, 4) is 0 Å². The lowest BCUT2D eigenvalue weighted by Crippen LogP contribution is -2.43. The molecule has 0 amide bonds. The lowest BCUT2D eigenvalue weighted by Gasteiger charge is -2.34. The van der Waals surface area contributed by atoms with E-state index < -0.39 is 11.8 Å². The number of alkyl halides is 4. The highest BCUT2D eigenvalue weighted by atomic mass is 19.3. The van der Waals surface area contributed by atoms with Gasteiger partial charge in [-0.2, -0.15) is 0 Å². The summed E-state index contributed by atoms with van der Waals surface area (Å²) >= 11 is 0. The Labute approximate surface area is 147 Å². The third-order valence-electron chi connectivity index (χ3n) is 5.65. The van der Waals surface area contributed by atoms with Gasteiger partial charge < -0.3 is 15.2 Å². The molecule has 3 nitrogen and oxygen atoms in total. The van der Waals surface area contributed by atoms with Crippen LogP contribution in [0.1, 0.15) is 65.2 Å². The van der Waals surface area contributed by atoms with Crippen molar-refractivity contribution in [1.82, 2.24) is 0 Å². The molecule has 2 rings (SSSR count). The predicted molar refractivity (Wildman–Crippen MR) is 88.0 cm³/mol. The van der Waals surface area contributed by atoms with Crippen molar-refractivity contribution in [2.24, 2.45) is 11.7 Å². The minimum absolute atomic E-state index is 0.0821. The van der Waals surface area contributed by atoms with E-state index in [1.54, 1.807) is 0 Å². The molecule has 0 aromatic heterocycles. The summed E-state index contributed by atoms with van der Waals surface area (Å²) in [6, 6.07) is -0.366. The molecule has 2 N–H and O–H groups in total. The molecule has 2 saturated carbocycles. The van der Waals surface area contributed by atoms with Gasteiger partial charge in [-0.3, -0.25) is 0 Å². The van der Waals surface area contributed by atoms with Crippen LogP contribution in [0.3, 0.4) is 0 Å². The van der Waals surface area contributed by atoms with Gasteiger partial charge >= 0.3 is 0 Å². The highest BCUT2D eigenvalue weighted by molar-refractivity contribution is 4.82. The molecule has 0 bridgehead atoms. The second-order valence-corrected chi connectivity index (χ2v) is 7.79. The molecule has 1 unspecified atom stereocenters. The van der Waals surface area contributed by atoms with E-state index >= 15 is 0 Å². The molecule has 2 aliphatic carbocycles. The van der Waals surface area contributed by atoms with Crippen LogP contribution in [0.15, 0.2) is 0 Å². The second-order valence-electron chi connectivity index (χ2n) is 7.79. The van der Waals surface area contributed by atoms with Crippen molar-refractivity contribution in [3.05, 3.63) is 0 Å². The Kier molecular flexibility index (Phi) is 7.13. The Balaban J connectivity index is 1.67. The van der Waals surface area contributed by atoms with Crippen LogP contribution >= 0.6 is 0 Å². The molecular weight excluding hydrogens is 338 g/mol. The predicted octanol–water partition coefficient (Wildman–Crippen LogP) is 4.53. The zero-order valence-electron chi connectivity index (χ0n) is 15.2. The second kappa shape index (κ2) is 8.53. The van der Waals surface area contributed by atoms with Crippen LogP contribution in [0.25, 0.3) is 0 Å². The van der Waals surface area contributed by atoms with Crippen LogP contribution < -0.4 is 5.73 Å². The molecule has 0 radical (unpaired) electrons. The third-order valence-corrected chi connectivity index (χ3v) is 5.65. The zero-order valence-corrected chi connectivity index (χ0v) is 15.2. The van der Waals surface area contributed by atoms with Crippen LogP contribution in [0.5, 0.6) is 0 Å². The van der Waals surface area contributed by atoms with Gasteiger partial charge in [0.2, 0.25) is 11.8 Å². The van der Waals surface area contributed by atoms with Crippen LogP contribution in [0.2, 0.25) is 0 Å². The van der Waals surface area contributed by atoms with Crippen molar-refractivity contribution in [2.75, 3.05) is 6.61 Å². The quantitative estimate of drug-likeness (QED) is 0.671. The van der Waals surface area contributed by atoms with Crippen molar-refractivity contribution in [2.45, 2.75) is 101 Å². The smallest absolute Gasteiger partial charge is 0.248 e. The first kappa shape index (κ1) is 20.9. The van der Waals surface area contributed by atoms with Crippen LogP contribution in [0.4, 0.5) is 17.6 Å². The van der Waals surface area contributed by atoms with E-state index in [0.29, 0.717) is 25.7 Å². The summed E-state index contributed by atoms with van der Waals surface area (Å²) < 4.78 is 64.3. The van der Waals surface area contributed by atoms with Gasteiger partial charge in [-0.05, 0) is 45.4 Å². The number of hydrogen-bond donors (Lipinski definition) is 1. The Morgan fingerprint density at radius 1 is 0.920 bits per heavy atom. The molecule has 2 aliphatic rings. The minimum Gasteiger partial charge on any atom is -0.377 e. The van der Waals surface area contributed by atoms with Crippen molar-refractivity contribution < 1.29 is 27.0 Å². The fraction of sp³-hybridized carbons (Fsp3) is 1.00. The first-order valence-corrected chi connectivity index (χ1v) is 9.36. The lowest BCUT2D eigenvalue weighted by molar-refractivity contribution is -0.103. The molecule has 25 heavy (non-hydrogen) atoms. The van der Waals surface area contributed by atoms with Crippen molar-refractivity contribution in [3.63, 3.8) is 0 Å². The molecule has 0 aliphatic heterocycles. The highest BCUT2D eigenvalue weighted by Gasteiger charge is 2.38. The third kappa shape index (κ3) is 6.68. The molecule has 0 spiro atoms. The number of nitrogens with two attached hydrogens (primary N) is 1. The topological polar surface area (TPSA) is 44.5 Å². The van der Waals surface area contributed by atoms with Gasteiger partial charge in [0.15, 0.2) is 0 Å². The largest absolute Gasteiger partial charge is 0.377 e. The van der Waals surface area contributed by atoms with Gasteiger partial charge in [0.25, 0.3) is 0 Å². The average molecular weight is 369 g/mol. The zero-order chi connectivity index (χ0) is 18.7. The Bertz CT molecular complexity index is 402. The van der Waals surface area contributed by atoms with Gasteiger partial charge in [0.1, 0.15) is 0 Å². The van der Waals surface area contributed by atoms with E-state index in [1.165, 1.54) is 0 Å². The van der Waals surface area contributed by atoms with Gasteiger partial charge in [-0.25, -0.2) is 17.6 Å².